The number of pyridine rings is 1. The third-order valence-corrected chi connectivity index (χ3v) is 5.19. The Balaban J connectivity index is 1.64. The first kappa shape index (κ1) is 17.9. The van der Waals surface area contributed by atoms with E-state index in [9.17, 15) is 19.1 Å². The second kappa shape index (κ2) is 7.28. The van der Waals surface area contributed by atoms with Crippen LogP contribution in [0, 0.1) is 5.82 Å². The van der Waals surface area contributed by atoms with Gasteiger partial charge < -0.3 is 15.4 Å². The predicted molar refractivity (Wildman–Crippen MR) is 104 cm³/mol. The first-order chi connectivity index (χ1) is 13.5. The number of nitrogens with one attached hydrogen (secondary N) is 2. The summed E-state index contributed by atoms with van der Waals surface area (Å²) in [5, 5.41) is 19.4. The van der Waals surface area contributed by atoms with Crippen molar-refractivity contribution in [2.75, 3.05) is 6.54 Å². The van der Waals surface area contributed by atoms with Gasteiger partial charge in [-0.3, -0.25) is 9.59 Å². The highest BCUT2D eigenvalue weighted by molar-refractivity contribution is 7.09. The molecular formula is C19H15FN4O3S. The SMILES string of the molecule is O=C(NCCc1cccs1)c1c(O)c2cnn(-c3ccc(F)cc3)c2[nH]c1=O. The van der Waals surface area contributed by atoms with E-state index in [1.807, 2.05) is 17.5 Å². The lowest BCUT2D eigenvalue weighted by atomic mass is 10.2. The van der Waals surface area contributed by atoms with Crippen molar-refractivity contribution in [3.05, 3.63) is 74.6 Å². The van der Waals surface area contributed by atoms with E-state index >= 15 is 0 Å². The van der Waals surface area contributed by atoms with Crippen LogP contribution < -0.4 is 10.9 Å². The van der Waals surface area contributed by atoms with Gasteiger partial charge in [-0.15, -0.1) is 11.3 Å². The molecule has 0 saturated carbocycles. The van der Waals surface area contributed by atoms with Crippen molar-refractivity contribution in [1.82, 2.24) is 20.1 Å². The van der Waals surface area contributed by atoms with Crippen LogP contribution in [-0.4, -0.2) is 32.3 Å². The van der Waals surface area contributed by atoms with Crippen LogP contribution in [0.2, 0.25) is 0 Å². The van der Waals surface area contributed by atoms with Gasteiger partial charge in [0.05, 0.1) is 17.3 Å². The maximum Gasteiger partial charge on any atom is 0.266 e. The third kappa shape index (κ3) is 3.27. The van der Waals surface area contributed by atoms with Gasteiger partial charge in [0.25, 0.3) is 11.5 Å². The van der Waals surface area contributed by atoms with Gasteiger partial charge in [-0.25, -0.2) is 9.07 Å². The number of aromatic hydroxyl groups is 1. The molecule has 28 heavy (non-hydrogen) atoms. The summed E-state index contributed by atoms with van der Waals surface area (Å²) in [6, 6.07) is 9.37. The molecule has 0 aliphatic heterocycles. The van der Waals surface area contributed by atoms with Crippen LogP contribution in [0.15, 0.2) is 52.8 Å². The number of hydrogen-bond donors (Lipinski definition) is 3. The molecule has 4 aromatic rings. The smallest absolute Gasteiger partial charge is 0.266 e. The average molecular weight is 398 g/mol. The number of amides is 1. The Bertz CT molecular complexity index is 1200. The summed E-state index contributed by atoms with van der Waals surface area (Å²) in [5.74, 6) is -1.51. The fourth-order valence-electron chi connectivity index (χ4n) is 2.89. The minimum absolute atomic E-state index is 0.212. The van der Waals surface area contributed by atoms with Crippen LogP contribution in [0.4, 0.5) is 4.39 Å². The Labute approximate surface area is 162 Å². The number of hydrogen-bond acceptors (Lipinski definition) is 5. The normalized spacial score (nSPS) is 11.0. The van der Waals surface area contributed by atoms with Gasteiger partial charge in [0, 0.05) is 11.4 Å². The standard InChI is InChI=1S/C19H15FN4O3S/c20-11-3-5-12(6-4-11)24-17-14(10-22-24)16(25)15(19(27)23-17)18(26)21-8-7-13-2-1-9-28-13/h1-6,9-10H,7-8H2,(H,21,26)(H2,23,25,27). The van der Waals surface area contributed by atoms with E-state index in [0.29, 0.717) is 18.7 Å². The Morgan fingerprint density at radius 2 is 2.07 bits per heavy atom. The monoisotopic (exact) mass is 398 g/mol. The van der Waals surface area contributed by atoms with E-state index in [0.717, 1.165) is 4.88 Å². The molecule has 3 heterocycles. The van der Waals surface area contributed by atoms with Crippen molar-refractivity contribution in [3.8, 4) is 11.4 Å². The Morgan fingerprint density at radius 3 is 2.79 bits per heavy atom. The van der Waals surface area contributed by atoms with E-state index in [2.05, 4.69) is 15.4 Å². The molecule has 0 aliphatic rings. The molecule has 1 amide bonds. The number of thiophene rings is 1. The molecule has 4 rings (SSSR count). The summed E-state index contributed by atoms with van der Waals surface area (Å²) in [6.07, 6.45) is 1.97. The number of benzene rings is 1. The summed E-state index contributed by atoms with van der Waals surface area (Å²) < 4.78 is 14.5. The number of aromatic amines is 1. The number of rotatable bonds is 5. The highest BCUT2D eigenvalue weighted by Gasteiger charge is 2.21. The van der Waals surface area contributed by atoms with Crippen LogP contribution in [0.1, 0.15) is 15.2 Å². The maximum absolute atomic E-state index is 13.1. The van der Waals surface area contributed by atoms with Crippen molar-refractivity contribution in [2.45, 2.75) is 6.42 Å². The third-order valence-electron chi connectivity index (χ3n) is 4.26. The zero-order valence-corrected chi connectivity index (χ0v) is 15.3. The van der Waals surface area contributed by atoms with Crippen molar-refractivity contribution < 1.29 is 14.3 Å². The van der Waals surface area contributed by atoms with Gasteiger partial charge in [0.1, 0.15) is 22.8 Å². The molecule has 0 bridgehead atoms. The highest BCUT2D eigenvalue weighted by Crippen LogP contribution is 2.26. The summed E-state index contributed by atoms with van der Waals surface area (Å²) in [6.45, 7) is 0.338. The summed E-state index contributed by atoms with van der Waals surface area (Å²) in [4.78, 5) is 28.5. The Kier molecular flexibility index (Phi) is 4.66. The van der Waals surface area contributed by atoms with Crippen LogP contribution in [0.5, 0.6) is 5.75 Å². The molecule has 7 nitrogen and oxygen atoms in total. The molecule has 3 aromatic heterocycles. The van der Waals surface area contributed by atoms with Crippen LogP contribution >= 0.6 is 11.3 Å². The molecule has 0 atom stereocenters. The van der Waals surface area contributed by atoms with E-state index < -0.39 is 23.0 Å². The van der Waals surface area contributed by atoms with E-state index in [1.165, 1.54) is 35.1 Å². The minimum Gasteiger partial charge on any atom is -0.506 e. The predicted octanol–water partition coefficient (Wildman–Crippen LogP) is 2.59. The number of carbonyl (C=O) groups is 1. The van der Waals surface area contributed by atoms with Gasteiger partial charge in [0.2, 0.25) is 0 Å². The van der Waals surface area contributed by atoms with Crippen LogP contribution in [0.25, 0.3) is 16.7 Å². The van der Waals surface area contributed by atoms with Gasteiger partial charge in [-0.05, 0) is 42.1 Å². The first-order valence-corrected chi connectivity index (χ1v) is 9.32. The molecule has 3 N–H and O–H groups in total. The number of carbonyl (C=O) groups excluding carboxylic acids is 1. The largest absolute Gasteiger partial charge is 0.506 e. The Hall–Kier alpha value is -3.46. The van der Waals surface area contributed by atoms with E-state index in [1.54, 1.807) is 11.3 Å². The molecular weight excluding hydrogens is 383 g/mol. The number of aromatic nitrogens is 3. The molecule has 0 radical (unpaired) electrons. The quantitative estimate of drug-likeness (QED) is 0.481. The van der Waals surface area contributed by atoms with Crippen LogP contribution in [-0.2, 0) is 6.42 Å². The fraction of sp³-hybridized carbons (Fsp3) is 0.105. The van der Waals surface area contributed by atoms with Gasteiger partial charge in [0.15, 0.2) is 0 Å². The molecule has 0 saturated heterocycles. The molecule has 0 aliphatic carbocycles. The maximum atomic E-state index is 13.1. The molecule has 0 unspecified atom stereocenters. The second-order valence-corrected chi connectivity index (χ2v) is 7.09. The van der Waals surface area contributed by atoms with E-state index in [-0.39, 0.29) is 16.6 Å². The molecule has 1 aromatic carbocycles. The summed E-state index contributed by atoms with van der Waals surface area (Å²) in [5.41, 5.74) is -0.385. The van der Waals surface area contributed by atoms with Gasteiger partial charge >= 0.3 is 0 Å². The number of H-pyrrole nitrogens is 1. The zero-order chi connectivity index (χ0) is 19.7. The summed E-state index contributed by atoms with van der Waals surface area (Å²) >= 11 is 1.58. The van der Waals surface area contributed by atoms with Crippen molar-refractivity contribution in [1.29, 1.82) is 0 Å². The average Bonchev–Trinajstić information content (AvgIpc) is 3.32. The minimum atomic E-state index is -0.734. The number of fused-ring (bicyclic) bond motifs is 1. The second-order valence-electron chi connectivity index (χ2n) is 6.06. The molecule has 142 valence electrons. The number of nitrogens with zero attached hydrogens (tertiary/aromatic N) is 2. The van der Waals surface area contributed by atoms with Gasteiger partial charge in [-0.2, -0.15) is 5.10 Å². The molecule has 9 heteroatoms. The van der Waals surface area contributed by atoms with Crippen LogP contribution in [0.3, 0.4) is 0 Å². The van der Waals surface area contributed by atoms with Crippen molar-refractivity contribution >= 4 is 28.3 Å². The lowest BCUT2D eigenvalue weighted by Gasteiger charge is -2.08. The summed E-state index contributed by atoms with van der Waals surface area (Å²) in [7, 11) is 0. The van der Waals surface area contributed by atoms with E-state index in [4.69, 9.17) is 0 Å². The first-order valence-electron chi connectivity index (χ1n) is 8.44. The molecule has 0 fully saturated rings. The van der Waals surface area contributed by atoms with Crippen molar-refractivity contribution in [3.63, 3.8) is 0 Å². The zero-order valence-electron chi connectivity index (χ0n) is 14.5. The lowest BCUT2D eigenvalue weighted by Crippen LogP contribution is -2.31. The fourth-order valence-corrected chi connectivity index (χ4v) is 3.59. The topological polar surface area (TPSA) is 100 Å². The van der Waals surface area contributed by atoms with Gasteiger partial charge in [-0.1, -0.05) is 6.07 Å². The number of halogens is 1. The molecule has 0 spiro atoms. The Morgan fingerprint density at radius 1 is 1.29 bits per heavy atom. The lowest BCUT2D eigenvalue weighted by molar-refractivity contribution is 0.0950. The highest BCUT2D eigenvalue weighted by atomic mass is 32.1. The van der Waals surface area contributed by atoms with Crippen molar-refractivity contribution in [2.24, 2.45) is 0 Å².